The van der Waals surface area contributed by atoms with Gasteiger partial charge in [0.15, 0.2) is 5.82 Å². The van der Waals surface area contributed by atoms with Crippen LogP contribution in [0, 0.1) is 0 Å². The van der Waals surface area contributed by atoms with Crippen molar-refractivity contribution in [2.75, 3.05) is 36.7 Å². The Bertz CT molecular complexity index is 373. The Balaban J connectivity index is 2.61. The van der Waals surface area contributed by atoms with Crippen LogP contribution in [-0.2, 0) is 22.1 Å². The number of ether oxygens (including phenoxy) is 1. The molecule has 90 valence electrons. The molecule has 0 radical (unpaired) electrons. The van der Waals surface area contributed by atoms with Gasteiger partial charge in [-0.2, -0.15) is 0 Å². The van der Waals surface area contributed by atoms with Crippen molar-refractivity contribution >= 4 is 22.4 Å². The zero-order valence-electron chi connectivity index (χ0n) is 9.40. The number of nitrogens with two attached hydrogens (primary N) is 1. The first-order valence-electron chi connectivity index (χ1n) is 4.78. The lowest BCUT2D eigenvalue weighted by Crippen LogP contribution is -2.12. The Morgan fingerprint density at radius 1 is 1.56 bits per heavy atom. The molecule has 0 aromatic carbocycles. The summed E-state index contributed by atoms with van der Waals surface area (Å²) in [5, 5.41) is 3.04. The highest BCUT2D eigenvalue weighted by Gasteiger charge is 2.02. The zero-order chi connectivity index (χ0) is 12.0. The van der Waals surface area contributed by atoms with Crippen molar-refractivity contribution in [3.63, 3.8) is 0 Å². The highest BCUT2D eigenvalue weighted by Crippen LogP contribution is 2.08. The molecule has 0 aliphatic carbocycles. The quantitative estimate of drug-likeness (QED) is 0.732. The zero-order valence-corrected chi connectivity index (χ0v) is 10.2. The summed E-state index contributed by atoms with van der Waals surface area (Å²) in [6.07, 6.45) is 1.66. The average Bonchev–Trinajstić information content (AvgIpc) is 2.16. The standard InChI is InChI=1S/C9H16N4O2S/c1-15-6-9-12-7(10)5-8(13-9)11-3-4-16(2)14/h5H,3-4,6H2,1-2H3,(H3,10,11,12,13). The minimum absolute atomic E-state index is 0.319. The molecule has 0 fully saturated rings. The number of methoxy groups -OCH3 is 1. The van der Waals surface area contributed by atoms with Crippen LogP contribution in [-0.4, -0.2) is 39.8 Å². The van der Waals surface area contributed by atoms with Crippen molar-refractivity contribution in [2.24, 2.45) is 0 Å². The largest absolute Gasteiger partial charge is 0.384 e. The Morgan fingerprint density at radius 3 is 2.94 bits per heavy atom. The van der Waals surface area contributed by atoms with Gasteiger partial charge in [-0.25, -0.2) is 9.97 Å². The third kappa shape index (κ3) is 4.54. The molecule has 0 aliphatic heterocycles. The molecule has 0 bridgehead atoms. The third-order valence-corrected chi connectivity index (χ3v) is 2.54. The molecule has 0 amide bonds. The van der Waals surface area contributed by atoms with Crippen LogP contribution in [0.5, 0.6) is 0 Å². The number of nitrogen functional groups attached to an aromatic ring is 1. The Kier molecular flexibility index (Phi) is 5.13. The maximum Gasteiger partial charge on any atom is 0.158 e. The number of hydrogen-bond donors (Lipinski definition) is 2. The number of nitrogens with zero attached hydrogens (tertiary/aromatic N) is 2. The van der Waals surface area contributed by atoms with Crippen molar-refractivity contribution in [1.29, 1.82) is 0 Å². The van der Waals surface area contributed by atoms with E-state index in [4.69, 9.17) is 10.5 Å². The molecule has 1 unspecified atom stereocenters. The summed E-state index contributed by atoms with van der Waals surface area (Å²) >= 11 is 0. The molecule has 0 aliphatic rings. The minimum Gasteiger partial charge on any atom is -0.384 e. The van der Waals surface area contributed by atoms with Crippen molar-refractivity contribution in [1.82, 2.24) is 9.97 Å². The molecular formula is C9H16N4O2S. The molecule has 0 saturated carbocycles. The Hall–Kier alpha value is -1.21. The molecule has 7 heteroatoms. The average molecular weight is 244 g/mol. The van der Waals surface area contributed by atoms with E-state index in [1.54, 1.807) is 19.4 Å². The van der Waals surface area contributed by atoms with Gasteiger partial charge in [0.25, 0.3) is 0 Å². The van der Waals surface area contributed by atoms with Gasteiger partial charge in [-0.3, -0.25) is 4.21 Å². The van der Waals surface area contributed by atoms with Crippen molar-refractivity contribution in [3.05, 3.63) is 11.9 Å². The number of hydrogen-bond acceptors (Lipinski definition) is 6. The second-order valence-corrected chi connectivity index (χ2v) is 4.79. The number of rotatable bonds is 6. The first-order chi connectivity index (χ1) is 7.61. The van der Waals surface area contributed by atoms with Gasteiger partial charge in [0.1, 0.15) is 18.2 Å². The maximum atomic E-state index is 10.9. The fraction of sp³-hybridized carbons (Fsp3) is 0.556. The van der Waals surface area contributed by atoms with Gasteiger partial charge in [-0.05, 0) is 0 Å². The number of nitrogens with one attached hydrogen (secondary N) is 1. The van der Waals surface area contributed by atoms with Crippen LogP contribution in [0.2, 0.25) is 0 Å². The molecule has 1 atom stereocenters. The van der Waals surface area contributed by atoms with E-state index in [1.165, 1.54) is 0 Å². The number of anilines is 2. The summed E-state index contributed by atoms with van der Waals surface area (Å²) in [5.74, 6) is 2.12. The van der Waals surface area contributed by atoms with E-state index < -0.39 is 10.8 Å². The molecule has 1 rings (SSSR count). The van der Waals surface area contributed by atoms with Gasteiger partial charge >= 0.3 is 0 Å². The summed E-state index contributed by atoms with van der Waals surface area (Å²) in [7, 11) is 0.754. The predicted octanol–water partition coefficient (Wildman–Crippen LogP) is -0.00440. The van der Waals surface area contributed by atoms with Crippen LogP contribution in [0.15, 0.2) is 6.07 Å². The van der Waals surface area contributed by atoms with Gasteiger partial charge in [-0.15, -0.1) is 0 Å². The first-order valence-corrected chi connectivity index (χ1v) is 6.51. The van der Waals surface area contributed by atoms with Crippen LogP contribution in [0.4, 0.5) is 11.6 Å². The second kappa shape index (κ2) is 6.39. The molecule has 1 heterocycles. The molecule has 0 saturated heterocycles. The minimum atomic E-state index is -0.815. The first kappa shape index (κ1) is 12.9. The molecular weight excluding hydrogens is 228 g/mol. The molecule has 1 aromatic heterocycles. The van der Waals surface area contributed by atoms with Crippen LogP contribution in [0.3, 0.4) is 0 Å². The molecule has 3 N–H and O–H groups in total. The van der Waals surface area contributed by atoms with Crippen LogP contribution >= 0.6 is 0 Å². The van der Waals surface area contributed by atoms with E-state index in [0.29, 0.717) is 36.4 Å². The predicted molar refractivity (Wildman–Crippen MR) is 64.6 cm³/mol. The topological polar surface area (TPSA) is 90.1 Å². The van der Waals surface area contributed by atoms with Gasteiger partial charge in [-0.1, -0.05) is 0 Å². The van der Waals surface area contributed by atoms with E-state index in [1.807, 2.05) is 0 Å². The summed E-state index contributed by atoms with van der Waals surface area (Å²) < 4.78 is 15.8. The molecule has 16 heavy (non-hydrogen) atoms. The summed E-state index contributed by atoms with van der Waals surface area (Å²) in [5.41, 5.74) is 5.61. The molecule has 0 spiro atoms. The maximum absolute atomic E-state index is 10.9. The number of aromatic nitrogens is 2. The Labute approximate surface area is 97.1 Å². The third-order valence-electron chi connectivity index (χ3n) is 1.76. The summed E-state index contributed by atoms with van der Waals surface area (Å²) in [6.45, 7) is 0.908. The van der Waals surface area contributed by atoms with Crippen LogP contribution in [0.25, 0.3) is 0 Å². The van der Waals surface area contributed by atoms with Crippen LogP contribution < -0.4 is 11.1 Å². The lowest BCUT2D eigenvalue weighted by Gasteiger charge is -2.07. The van der Waals surface area contributed by atoms with Gasteiger partial charge in [0, 0.05) is 42.5 Å². The van der Waals surface area contributed by atoms with E-state index in [9.17, 15) is 4.21 Å². The monoisotopic (exact) mass is 244 g/mol. The summed E-state index contributed by atoms with van der Waals surface area (Å²) in [4.78, 5) is 8.20. The molecule has 1 aromatic rings. The van der Waals surface area contributed by atoms with Crippen molar-refractivity contribution in [2.45, 2.75) is 6.61 Å². The highest BCUT2D eigenvalue weighted by atomic mass is 32.2. The smallest absolute Gasteiger partial charge is 0.158 e. The van der Waals surface area contributed by atoms with Gasteiger partial charge < -0.3 is 15.8 Å². The normalized spacial score (nSPS) is 12.4. The fourth-order valence-electron chi connectivity index (χ4n) is 1.12. The van der Waals surface area contributed by atoms with E-state index in [2.05, 4.69) is 15.3 Å². The van der Waals surface area contributed by atoms with Crippen molar-refractivity contribution in [3.8, 4) is 0 Å². The van der Waals surface area contributed by atoms with Crippen molar-refractivity contribution < 1.29 is 8.95 Å². The SMILES string of the molecule is COCc1nc(N)cc(NCCS(C)=O)n1. The van der Waals surface area contributed by atoms with E-state index >= 15 is 0 Å². The Morgan fingerprint density at radius 2 is 2.31 bits per heavy atom. The van der Waals surface area contributed by atoms with Gasteiger partial charge in [0.2, 0.25) is 0 Å². The van der Waals surface area contributed by atoms with E-state index in [0.717, 1.165) is 0 Å². The van der Waals surface area contributed by atoms with Gasteiger partial charge in [0.05, 0.1) is 0 Å². The molecule has 6 nitrogen and oxygen atoms in total. The lowest BCUT2D eigenvalue weighted by atomic mass is 10.5. The lowest BCUT2D eigenvalue weighted by molar-refractivity contribution is 0.178. The summed E-state index contributed by atoms with van der Waals surface area (Å²) in [6, 6.07) is 1.64. The second-order valence-electron chi connectivity index (χ2n) is 3.23. The van der Waals surface area contributed by atoms with E-state index in [-0.39, 0.29) is 0 Å². The van der Waals surface area contributed by atoms with Crippen LogP contribution in [0.1, 0.15) is 5.82 Å². The fourth-order valence-corrected chi connectivity index (χ4v) is 1.51. The highest BCUT2D eigenvalue weighted by molar-refractivity contribution is 7.84.